The van der Waals surface area contributed by atoms with Gasteiger partial charge in [-0.25, -0.2) is 5.90 Å². The average Bonchev–Trinajstić information content (AvgIpc) is 2.39. The van der Waals surface area contributed by atoms with Gasteiger partial charge in [-0.15, -0.1) is 0 Å². The Labute approximate surface area is 95.2 Å². The van der Waals surface area contributed by atoms with Crippen molar-refractivity contribution in [3.8, 4) is 6.07 Å². The molecule has 0 amide bonds. The van der Waals surface area contributed by atoms with Gasteiger partial charge < -0.3 is 9.74 Å². The summed E-state index contributed by atoms with van der Waals surface area (Å²) in [6, 6.07) is 9.79. The number of nitrogens with zero attached hydrogens (tertiary/aromatic N) is 2. The zero-order valence-electron chi connectivity index (χ0n) is 9.10. The molecule has 0 saturated carbocycles. The second-order valence-corrected chi connectivity index (χ2v) is 3.98. The number of piperidine rings is 1. The van der Waals surface area contributed by atoms with Crippen molar-refractivity contribution in [1.82, 2.24) is 0 Å². The molecule has 16 heavy (non-hydrogen) atoms. The fourth-order valence-electron chi connectivity index (χ4n) is 2.00. The molecule has 0 unspecified atom stereocenters. The highest BCUT2D eigenvalue weighted by molar-refractivity contribution is 5.49. The molecule has 1 aromatic rings. The second kappa shape index (κ2) is 4.97. The number of anilines is 1. The third-order valence-electron chi connectivity index (χ3n) is 3.00. The first kappa shape index (κ1) is 10.9. The standard InChI is InChI=1S/C12H15N3O/c13-9-10-1-3-11(4-2-10)15-7-5-12(16-14)6-8-15/h1-4,12H,5-8,14H2. The van der Waals surface area contributed by atoms with Crippen molar-refractivity contribution in [3.63, 3.8) is 0 Å². The van der Waals surface area contributed by atoms with Crippen molar-refractivity contribution in [3.05, 3.63) is 29.8 Å². The largest absolute Gasteiger partial charge is 0.371 e. The van der Waals surface area contributed by atoms with Crippen LogP contribution in [0.3, 0.4) is 0 Å². The zero-order chi connectivity index (χ0) is 11.4. The molecule has 0 radical (unpaired) electrons. The van der Waals surface area contributed by atoms with Crippen LogP contribution in [0.1, 0.15) is 18.4 Å². The van der Waals surface area contributed by atoms with E-state index in [0.29, 0.717) is 5.56 Å². The molecule has 2 rings (SSSR count). The van der Waals surface area contributed by atoms with Gasteiger partial charge in [0.05, 0.1) is 17.7 Å². The van der Waals surface area contributed by atoms with Gasteiger partial charge in [0, 0.05) is 18.8 Å². The Bertz CT molecular complexity index is 374. The first-order valence-electron chi connectivity index (χ1n) is 5.44. The summed E-state index contributed by atoms with van der Waals surface area (Å²) in [7, 11) is 0. The summed E-state index contributed by atoms with van der Waals surface area (Å²) in [5.41, 5.74) is 1.86. The average molecular weight is 217 g/mol. The van der Waals surface area contributed by atoms with Crippen LogP contribution in [0.25, 0.3) is 0 Å². The lowest BCUT2D eigenvalue weighted by atomic mass is 10.1. The van der Waals surface area contributed by atoms with E-state index in [1.165, 1.54) is 0 Å². The Balaban J connectivity index is 2.00. The van der Waals surface area contributed by atoms with E-state index in [9.17, 15) is 0 Å². The number of nitriles is 1. The number of rotatable bonds is 2. The maximum absolute atomic E-state index is 8.71. The summed E-state index contributed by atoms with van der Waals surface area (Å²) in [5, 5.41) is 8.71. The Morgan fingerprint density at radius 3 is 2.38 bits per heavy atom. The smallest absolute Gasteiger partial charge is 0.0991 e. The molecule has 4 nitrogen and oxygen atoms in total. The second-order valence-electron chi connectivity index (χ2n) is 3.98. The maximum Gasteiger partial charge on any atom is 0.0991 e. The molecular formula is C12H15N3O. The molecule has 0 spiro atoms. The molecule has 0 aliphatic carbocycles. The van der Waals surface area contributed by atoms with Gasteiger partial charge in [0.15, 0.2) is 0 Å². The molecule has 0 bridgehead atoms. The lowest BCUT2D eigenvalue weighted by Crippen LogP contribution is -2.37. The molecule has 1 saturated heterocycles. The van der Waals surface area contributed by atoms with Crippen molar-refractivity contribution in [2.45, 2.75) is 18.9 Å². The minimum absolute atomic E-state index is 0.189. The van der Waals surface area contributed by atoms with Gasteiger partial charge in [0.2, 0.25) is 0 Å². The molecule has 0 atom stereocenters. The SMILES string of the molecule is N#Cc1ccc(N2CCC(ON)CC2)cc1. The van der Waals surface area contributed by atoms with Crippen molar-refractivity contribution in [2.75, 3.05) is 18.0 Å². The molecule has 4 heteroatoms. The Morgan fingerprint density at radius 1 is 1.25 bits per heavy atom. The van der Waals surface area contributed by atoms with Crippen molar-refractivity contribution >= 4 is 5.69 Å². The summed E-state index contributed by atoms with van der Waals surface area (Å²) >= 11 is 0. The molecule has 2 N–H and O–H groups in total. The van der Waals surface area contributed by atoms with Crippen molar-refractivity contribution < 1.29 is 4.84 Å². The lowest BCUT2D eigenvalue weighted by Gasteiger charge is -2.32. The maximum atomic E-state index is 8.71. The minimum atomic E-state index is 0.189. The Hall–Kier alpha value is -1.57. The van der Waals surface area contributed by atoms with Crippen LogP contribution >= 0.6 is 0 Å². The van der Waals surface area contributed by atoms with Crippen LogP contribution < -0.4 is 10.8 Å². The molecule has 0 aromatic heterocycles. The van der Waals surface area contributed by atoms with E-state index in [2.05, 4.69) is 11.0 Å². The van der Waals surface area contributed by atoms with Gasteiger partial charge in [0.1, 0.15) is 0 Å². The number of benzene rings is 1. The predicted molar refractivity (Wildman–Crippen MR) is 61.7 cm³/mol. The number of nitrogens with two attached hydrogens (primary N) is 1. The monoisotopic (exact) mass is 217 g/mol. The van der Waals surface area contributed by atoms with E-state index in [1.54, 1.807) is 0 Å². The first-order valence-corrected chi connectivity index (χ1v) is 5.44. The summed E-state index contributed by atoms with van der Waals surface area (Å²) < 4.78 is 0. The third kappa shape index (κ3) is 2.32. The number of hydrogen-bond donors (Lipinski definition) is 1. The highest BCUT2D eigenvalue weighted by atomic mass is 16.6. The highest BCUT2D eigenvalue weighted by Gasteiger charge is 2.19. The Morgan fingerprint density at radius 2 is 1.88 bits per heavy atom. The van der Waals surface area contributed by atoms with Crippen molar-refractivity contribution in [1.29, 1.82) is 5.26 Å². The molecule has 1 fully saturated rings. The van der Waals surface area contributed by atoms with E-state index in [1.807, 2.05) is 24.3 Å². The van der Waals surface area contributed by atoms with E-state index >= 15 is 0 Å². The quantitative estimate of drug-likeness (QED) is 0.761. The lowest BCUT2D eigenvalue weighted by molar-refractivity contribution is 0.0368. The van der Waals surface area contributed by atoms with Crippen LogP contribution in [-0.2, 0) is 4.84 Å². The first-order chi connectivity index (χ1) is 7.83. The van der Waals surface area contributed by atoms with Crippen molar-refractivity contribution in [2.24, 2.45) is 5.90 Å². The molecular weight excluding hydrogens is 202 g/mol. The van der Waals surface area contributed by atoms with E-state index < -0.39 is 0 Å². The molecule has 1 aliphatic heterocycles. The van der Waals surface area contributed by atoms with Gasteiger partial charge >= 0.3 is 0 Å². The molecule has 1 aromatic carbocycles. The molecule has 1 aliphatic rings. The fraction of sp³-hybridized carbons (Fsp3) is 0.417. The summed E-state index contributed by atoms with van der Waals surface area (Å²) in [5.74, 6) is 5.17. The minimum Gasteiger partial charge on any atom is -0.371 e. The van der Waals surface area contributed by atoms with E-state index in [0.717, 1.165) is 31.6 Å². The van der Waals surface area contributed by atoms with Crippen LogP contribution in [-0.4, -0.2) is 19.2 Å². The summed E-state index contributed by atoms with van der Waals surface area (Å²) in [6.45, 7) is 1.90. The van der Waals surface area contributed by atoms with Crippen LogP contribution in [0.15, 0.2) is 24.3 Å². The summed E-state index contributed by atoms with van der Waals surface area (Å²) in [4.78, 5) is 7.13. The van der Waals surface area contributed by atoms with Crippen LogP contribution in [0.2, 0.25) is 0 Å². The molecule has 1 heterocycles. The van der Waals surface area contributed by atoms with Crippen LogP contribution in [0, 0.1) is 11.3 Å². The van der Waals surface area contributed by atoms with Gasteiger partial charge in [0.25, 0.3) is 0 Å². The van der Waals surface area contributed by atoms with Gasteiger partial charge in [-0.3, -0.25) is 0 Å². The van der Waals surface area contributed by atoms with Gasteiger partial charge in [-0.05, 0) is 37.1 Å². The highest BCUT2D eigenvalue weighted by Crippen LogP contribution is 2.21. The molecule has 84 valence electrons. The van der Waals surface area contributed by atoms with Gasteiger partial charge in [-0.1, -0.05) is 0 Å². The Kier molecular flexibility index (Phi) is 3.40. The van der Waals surface area contributed by atoms with E-state index in [4.69, 9.17) is 16.0 Å². The normalized spacial score (nSPS) is 17.1. The van der Waals surface area contributed by atoms with Gasteiger partial charge in [-0.2, -0.15) is 5.26 Å². The third-order valence-corrected chi connectivity index (χ3v) is 3.00. The number of hydrogen-bond acceptors (Lipinski definition) is 4. The summed E-state index contributed by atoms with van der Waals surface area (Å²) in [6.07, 6.45) is 2.10. The zero-order valence-corrected chi connectivity index (χ0v) is 9.10. The van der Waals surface area contributed by atoms with Crippen LogP contribution in [0.4, 0.5) is 5.69 Å². The predicted octanol–water partition coefficient (Wildman–Crippen LogP) is 1.42. The fourth-order valence-corrected chi connectivity index (χ4v) is 2.00. The van der Waals surface area contributed by atoms with Crippen LogP contribution in [0.5, 0.6) is 0 Å². The topological polar surface area (TPSA) is 62.3 Å². The van der Waals surface area contributed by atoms with E-state index in [-0.39, 0.29) is 6.10 Å².